The highest BCUT2D eigenvalue weighted by Gasteiger charge is 2.38. The van der Waals surface area contributed by atoms with Crippen molar-refractivity contribution in [1.29, 1.82) is 0 Å². The van der Waals surface area contributed by atoms with Gasteiger partial charge in [0, 0.05) is 0 Å². The third kappa shape index (κ3) is 3.32. The highest BCUT2D eigenvalue weighted by atomic mass is 32.2. The van der Waals surface area contributed by atoms with Crippen LogP contribution in [0.4, 0.5) is 18.9 Å². The summed E-state index contributed by atoms with van der Waals surface area (Å²) in [5, 5.41) is 0. The van der Waals surface area contributed by atoms with Crippen LogP contribution < -0.4 is 9.04 Å². The van der Waals surface area contributed by atoms with Crippen LogP contribution in [0.15, 0.2) is 47.4 Å². The molecule has 0 saturated carbocycles. The van der Waals surface area contributed by atoms with Crippen molar-refractivity contribution in [3.8, 4) is 5.75 Å². The lowest BCUT2D eigenvalue weighted by atomic mass is 10.1. The third-order valence-corrected chi connectivity index (χ3v) is 5.38. The molecule has 1 amide bonds. The van der Waals surface area contributed by atoms with Crippen LogP contribution in [0.3, 0.4) is 0 Å². The Morgan fingerprint density at radius 1 is 1.08 bits per heavy atom. The van der Waals surface area contributed by atoms with Crippen molar-refractivity contribution in [3.63, 3.8) is 0 Å². The quantitative estimate of drug-likeness (QED) is 0.831. The monoisotopic (exact) mass is 371 g/mol. The Morgan fingerprint density at radius 2 is 1.72 bits per heavy atom. The second-order valence-corrected chi connectivity index (χ2v) is 7.28. The van der Waals surface area contributed by atoms with Gasteiger partial charge in [-0.05, 0) is 42.8 Å². The summed E-state index contributed by atoms with van der Waals surface area (Å²) in [5.41, 5.74) is 1.03. The summed E-state index contributed by atoms with van der Waals surface area (Å²) >= 11 is 0. The summed E-state index contributed by atoms with van der Waals surface area (Å²) in [6.07, 6.45) is -5.19. The zero-order chi connectivity index (χ0) is 18.4. The molecule has 5 nitrogen and oxygen atoms in total. The number of alkyl halides is 3. The van der Waals surface area contributed by atoms with Gasteiger partial charge in [-0.2, -0.15) is 0 Å². The zero-order valence-electron chi connectivity index (χ0n) is 12.9. The Balaban J connectivity index is 2.01. The van der Waals surface area contributed by atoms with E-state index in [1.807, 2.05) is 0 Å². The summed E-state index contributed by atoms with van der Waals surface area (Å²) in [7, 11) is -4.15. The minimum atomic E-state index is -4.87. The van der Waals surface area contributed by atoms with Gasteiger partial charge in [0.1, 0.15) is 5.75 Å². The number of hydrogen-bond acceptors (Lipinski definition) is 4. The number of halogens is 3. The molecule has 0 saturated heterocycles. The molecule has 0 aromatic heterocycles. The molecule has 0 radical (unpaired) electrons. The molecule has 1 aliphatic rings. The molecule has 0 aliphatic carbocycles. The van der Waals surface area contributed by atoms with Gasteiger partial charge in [-0.3, -0.25) is 4.79 Å². The predicted octanol–water partition coefficient (Wildman–Crippen LogP) is 3.17. The lowest BCUT2D eigenvalue weighted by Crippen LogP contribution is -2.33. The largest absolute Gasteiger partial charge is 0.573 e. The third-order valence-electron chi connectivity index (χ3n) is 3.63. The van der Waals surface area contributed by atoms with Gasteiger partial charge in [0.05, 0.1) is 17.0 Å². The van der Waals surface area contributed by atoms with E-state index in [0.29, 0.717) is 4.31 Å². The number of ether oxygens (including phenoxy) is 1. The van der Waals surface area contributed by atoms with Crippen LogP contribution in [0.25, 0.3) is 0 Å². The number of carbonyl (C=O) groups excluding carboxylic acids is 1. The van der Waals surface area contributed by atoms with Crippen LogP contribution in [0.1, 0.15) is 11.1 Å². The van der Waals surface area contributed by atoms with Crippen LogP contribution in [-0.4, -0.2) is 20.7 Å². The fourth-order valence-electron chi connectivity index (χ4n) is 2.55. The van der Waals surface area contributed by atoms with Crippen LogP contribution in [0.5, 0.6) is 5.75 Å². The molecular weight excluding hydrogens is 359 g/mol. The predicted molar refractivity (Wildman–Crippen MR) is 82.7 cm³/mol. The van der Waals surface area contributed by atoms with Gasteiger partial charge in [0.2, 0.25) is 5.91 Å². The van der Waals surface area contributed by atoms with Crippen molar-refractivity contribution in [2.75, 3.05) is 4.31 Å². The number of benzene rings is 2. The number of anilines is 1. The number of fused-ring (bicyclic) bond motifs is 1. The minimum Gasteiger partial charge on any atom is -0.406 e. The number of amides is 1. The first kappa shape index (κ1) is 17.3. The Kier molecular flexibility index (Phi) is 3.98. The fourth-order valence-corrected chi connectivity index (χ4v) is 4.01. The number of aryl methyl sites for hydroxylation is 1. The Hall–Kier alpha value is -2.55. The van der Waals surface area contributed by atoms with Gasteiger partial charge in [0.15, 0.2) is 0 Å². The molecule has 0 atom stereocenters. The fraction of sp³-hybridized carbons (Fsp3) is 0.188. The van der Waals surface area contributed by atoms with Crippen LogP contribution >= 0.6 is 0 Å². The maximum Gasteiger partial charge on any atom is 0.573 e. The summed E-state index contributed by atoms with van der Waals surface area (Å²) in [6, 6.07) is 9.05. The lowest BCUT2D eigenvalue weighted by Gasteiger charge is -2.18. The maximum absolute atomic E-state index is 12.7. The summed E-state index contributed by atoms with van der Waals surface area (Å²) in [6.45, 7) is 1.79. The van der Waals surface area contributed by atoms with E-state index in [2.05, 4.69) is 4.74 Å². The van der Waals surface area contributed by atoms with E-state index in [0.717, 1.165) is 23.8 Å². The summed E-state index contributed by atoms with van der Waals surface area (Å²) in [4.78, 5) is 12.1. The number of hydrogen-bond donors (Lipinski definition) is 0. The molecule has 132 valence electrons. The zero-order valence-corrected chi connectivity index (χ0v) is 13.7. The Labute approximate surface area is 141 Å². The van der Waals surface area contributed by atoms with Crippen molar-refractivity contribution < 1.29 is 31.1 Å². The molecular formula is C16H12F3NO4S. The molecule has 3 rings (SSSR count). The molecule has 0 spiro atoms. The molecule has 1 heterocycles. The number of carbonyl (C=O) groups is 1. The number of rotatable bonds is 3. The first-order chi connectivity index (χ1) is 11.6. The van der Waals surface area contributed by atoms with E-state index in [1.165, 1.54) is 12.1 Å². The minimum absolute atomic E-state index is 0.0279. The second-order valence-electron chi connectivity index (χ2n) is 5.49. The van der Waals surface area contributed by atoms with Gasteiger partial charge in [0.25, 0.3) is 10.0 Å². The average Bonchev–Trinajstić information content (AvgIpc) is 2.81. The van der Waals surface area contributed by atoms with Crippen molar-refractivity contribution in [1.82, 2.24) is 0 Å². The second kappa shape index (κ2) is 5.76. The van der Waals surface area contributed by atoms with E-state index in [-0.39, 0.29) is 22.6 Å². The summed E-state index contributed by atoms with van der Waals surface area (Å²) < 4.78 is 66.8. The average molecular weight is 371 g/mol. The van der Waals surface area contributed by atoms with E-state index >= 15 is 0 Å². The molecule has 1 aliphatic heterocycles. The van der Waals surface area contributed by atoms with Crippen LogP contribution in [0, 0.1) is 6.92 Å². The molecule has 9 heteroatoms. The van der Waals surface area contributed by atoms with E-state index < -0.39 is 28.0 Å². The lowest BCUT2D eigenvalue weighted by molar-refractivity contribution is -0.274. The van der Waals surface area contributed by atoms with Crippen molar-refractivity contribution >= 4 is 21.6 Å². The van der Waals surface area contributed by atoms with Gasteiger partial charge in [-0.25, -0.2) is 12.7 Å². The van der Waals surface area contributed by atoms with Crippen molar-refractivity contribution in [2.24, 2.45) is 0 Å². The molecule has 2 aromatic rings. The van der Waals surface area contributed by atoms with Crippen LogP contribution in [0.2, 0.25) is 0 Å². The molecule has 0 N–H and O–H groups in total. The van der Waals surface area contributed by atoms with E-state index in [1.54, 1.807) is 19.1 Å². The Morgan fingerprint density at radius 3 is 2.32 bits per heavy atom. The van der Waals surface area contributed by atoms with Gasteiger partial charge in [-0.1, -0.05) is 17.7 Å². The Bertz CT molecular complexity index is 937. The molecule has 25 heavy (non-hydrogen) atoms. The summed E-state index contributed by atoms with van der Waals surface area (Å²) in [5.74, 6) is -1.24. The number of nitrogens with zero attached hydrogens (tertiary/aromatic N) is 1. The first-order valence-corrected chi connectivity index (χ1v) is 8.55. The van der Waals surface area contributed by atoms with Gasteiger partial charge < -0.3 is 4.74 Å². The van der Waals surface area contributed by atoms with E-state index in [9.17, 15) is 26.4 Å². The standard InChI is InChI=1S/C16H12F3NO4S/c1-10-2-5-13(6-3-10)25(22,23)20-14-7-4-12(24-16(17,18)19)8-11(14)9-15(20)21/h2-8H,9H2,1H3. The van der Waals surface area contributed by atoms with Crippen molar-refractivity contribution in [3.05, 3.63) is 53.6 Å². The van der Waals surface area contributed by atoms with Crippen LogP contribution in [-0.2, 0) is 21.2 Å². The SMILES string of the molecule is Cc1ccc(S(=O)(=O)N2C(=O)Cc3cc(OC(F)(F)F)ccc32)cc1. The smallest absolute Gasteiger partial charge is 0.406 e. The maximum atomic E-state index is 12.7. The van der Waals surface area contributed by atoms with Gasteiger partial charge in [-0.15, -0.1) is 13.2 Å². The first-order valence-electron chi connectivity index (χ1n) is 7.11. The number of sulfonamides is 1. The molecule has 0 unspecified atom stereocenters. The molecule has 0 fully saturated rings. The topological polar surface area (TPSA) is 63.7 Å². The normalized spacial score (nSPS) is 14.6. The van der Waals surface area contributed by atoms with Crippen molar-refractivity contribution in [2.45, 2.75) is 24.6 Å². The molecule has 0 bridgehead atoms. The highest BCUT2D eigenvalue weighted by molar-refractivity contribution is 7.93. The van der Waals surface area contributed by atoms with Gasteiger partial charge >= 0.3 is 6.36 Å². The van der Waals surface area contributed by atoms with E-state index in [4.69, 9.17) is 0 Å². The highest BCUT2D eigenvalue weighted by Crippen LogP contribution is 2.37. The molecule has 2 aromatic carbocycles.